The fraction of sp³-hybridized carbons (Fsp3) is 0.333. The van der Waals surface area contributed by atoms with Crippen LogP contribution in [0.5, 0.6) is 0 Å². The average Bonchev–Trinajstić information content (AvgIpc) is 2.30. The van der Waals surface area contributed by atoms with Crippen LogP contribution in [0.3, 0.4) is 0 Å². The van der Waals surface area contributed by atoms with Crippen LogP contribution in [0.4, 0.5) is 0 Å². The Morgan fingerprint density at radius 3 is 1.59 bits per heavy atom. The van der Waals surface area contributed by atoms with Gasteiger partial charge in [0, 0.05) is 0 Å². The zero-order chi connectivity index (χ0) is 12.0. The number of hydrogen-bond donors (Lipinski definition) is 1. The summed E-state index contributed by atoms with van der Waals surface area (Å²) < 4.78 is 9.70. The van der Waals surface area contributed by atoms with Gasteiger partial charge < -0.3 is 15.6 Å². The van der Waals surface area contributed by atoms with Crippen molar-refractivity contribution in [2.75, 3.05) is 13.2 Å². The van der Waals surface area contributed by atoms with Crippen molar-refractivity contribution in [1.29, 1.82) is 0 Å². The molecule has 0 aliphatic carbocycles. The minimum atomic E-state index is -0.508. The summed E-state index contributed by atoms with van der Waals surface area (Å²) in [6.07, 6.45) is 0. The molecule has 0 spiro atoms. The molecule has 3 N–H and O–H groups in total. The molecule has 0 saturated carbocycles. The van der Waals surface area contributed by atoms with E-state index in [0.29, 0.717) is 0 Å². The molecule has 0 bridgehead atoms. The third kappa shape index (κ3) is 3.88. The highest BCUT2D eigenvalue weighted by Gasteiger charge is 2.17. The Bertz CT molecular complexity index is 353. The zero-order valence-corrected chi connectivity index (χ0v) is 10.1. The van der Waals surface area contributed by atoms with E-state index in [1.54, 1.807) is 38.1 Å². The molecule has 0 radical (unpaired) electrons. The van der Waals surface area contributed by atoms with Gasteiger partial charge in [-0.25, -0.2) is 9.59 Å². The molecule has 5 heteroatoms. The molecule has 0 aromatic heterocycles. The van der Waals surface area contributed by atoms with Gasteiger partial charge in [-0.1, -0.05) is 12.1 Å². The molecule has 1 rings (SSSR count). The normalized spacial score (nSPS) is 9.06. The highest BCUT2D eigenvalue weighted by molar-refractivity contribution is 6.03. The fourth-order valence-electron chi connectivity index (χ4n) is 1.26. The van der Waals surface area contributed by atoms with Crippen molar-refractivity contribution < 1.29 is 19.1 Å². The smallest absolute Gasteiger partial charge is 0.338 e. The van der Waals surface area contributed by atoms with Crippen LogP contribution in [-0.4, -0.2) is 25.2 Å². The second-order valence-electron chi connectivity index (χ2n) is 2.99. The molecular weight excluding hydrogens is 222 g/mol. The van der Waals surface area contributed by atoms with E-state index in [9.17, 15) is 9.59 Å². The van der Waals surface area contributed by atoms with Crippen LogP contribution >= 0.6 is 0 Å². The largest absolute Gasteiger partial charge is 0.462 e. The van der Waals surface area contributed by atoms with Crippen molar-refractivity contribution in [2.24, 2.45) is 0 Å². The van der Waals surface area contributed by atoms with E-state index in [4.69, 9.17) is 9.47 Å². The fourth-order valence-corrected chi connectivity index (χ4v) is 1.26. The molecule has 0 saturated heterocycles. The molecule has 0 atom stereocenters. The van der Waals surface area contributed by atoms with Gasteiger partial charge in [-0.3, -0.25) is 0 Å². The van der Waals surface area contributed by atoms with Crippen LogP contribution in [0.1, 0.15) is 34.6 Å². The molecule has 0 unspecified atom stereocenters. The predicted molar refractivity (Wildman–Crippen MR) is 63.4 cm³/mol. The predicted octanol–water partition coefficient (Wildman–Crippen LogP) is 2.20. The van der Waals surface area contributed by atoms with Crippen molar-refractivity contribution in [2.45, 2.75) is 13.8 Å². The third-order valence-corrected chi connectivity index (χ3v) is 1.92. The van der Waals surface area contributed by atoms with Crippen molar-refractivity contribution >= 4 is 11.9 Å². The lowest BCUT2D eigenvalue weighted by atomic mass is 10.1. The molecule has 0 aliphatic rings. The Labute approximate surface area is 100 Å². The summed E-state index contributed by atoms with van der Waals surface area (Å²) in [6, 6.07) is 6.44. The van der Waals surface area contributed by atoms with Crippen LogP contribution in [0.25, 0.3) is 0 Å². The minimum absolute atomic E-state index is 0. The van der Waals surface area contributed by atoms with Gasteiger partial charge >= 0.3 is 11.9 Å². The summed E-state index contributed by atoms with van der Waals surface area (Å²) in [5.41, 5.74) is 0.477. The van der Waals surface area contributed by atoms with Crippen LogP contribution in [0.15, 0.2) is 24.3 Å². The second kappa shape index (κ2) is 7.40. The Morgan fingerprint density at radius 2 is 1.29 bits per heavy atom. The van der Waals surface area contributed by atoms with E-state index >= 15 is 0 Å². The maximum absolute atomic E-state index is 11.5. The van der Waals surface area contributed by atoms with E-state index in [2.05, 4.69) is 0 Å². The first kappa shape index (κ1) is 15.1. The Kier molecular flexibility index (Phi) is 6.58. The van der Waals surface area contributed by atoms with E-state index in [1.165, 1.54) is 0 Å². The molecular formula is C12H17NO4. The molecule has 1 aromatic carbocycles. The number of esters is 2. The summed E-state index contributed by atoms with van der Waals surface area (Å²) in [7, 11) is 0. The first-order chi connectivity index (χ1) is 7.70. The topological polar surface area (TPSA) is 87.6 Å². The number of rotatable bonds is 4. The maximum atomic E-state index is 11.5. The molecule has 17 heavy (non-hydrogen) atoms. The van der Waals surface area contributed by atoms with Gasteiger partial charge in [0.2, 0.25) is 0 Å². The van der Waals surface area contributed by atoms with Gasteiger partial charge in [0.25, 0.3) is 0 Å². The summed E-state index contributed by atoms with van der Waals surface area (Å²) in [5, 5.41) is 0. The first-order valence-electron chi connectivity index (χ1n) is 5.14. The Morgan fingerprint density at radius 1 is 0.941 bits per heavy atom. The number of benzene rings is 1. The summed E-state index contributed by atoms with van der Waals surface area (Å²) in [4.78, 5) is 23.1. The van der Waals surface area contributed by atoms with E-state index < -0.39 is 11.9 Å². The molecule has 5 nitrogen and oxygen atoms in total. The van der Waals surface area contributed by atoms with Crippen molar-refractivity contribution in [1.82, 2.24) is 6.15 Å². The van der Waals surface area contributed by atoms with Gasteiger partial charge in [-0.15, -0.1) is 0 Å². The highest BCUT2D eigenvalue weighted by atomic mass is 16.5. The zero-order valence-electron chi connectivity index (χ0n) is 10.1. The summed E-state index contributed by atoms with van der Waals surface area (Å²) >= 11 is 0. The number of hydrogen-bond acceptors (Lipinski definition) is 5. The molecule has 1 aromatic rings. The maximum Gasteiger partial charge on any atom is 0.338 e. The van der Waals surface area contributed by atoms with Crippen molar-refractivity contribution in [3.05, 3.63) is 35.4 Å². The monoisotopic (exact) mass is 239 g/mol. The van der Waals surface area contributed by atoms with Crippen LogP contribution < -0.4 is 6.15 Å². The minimum Gasteiger partial charge on any atom is -0.462 e. The number of carbonyl (C=O) groups excluding carboxylic acids is 2. The molecule has 94 valence electrons. The lowest BCUT2D eigenvalue weighted by Gasteiger charge is -2.07. The van der Waals surface area contributed by atoms with Gasteiger partial charge in [0.05, 0.1) is 24.3 Å². The SMILES string of the molecule is CCOC(=O)c1ccccc1C(=O)OCC.N. The van der Waals surface area contributed by atoms with E-state index in [1.807, 2.05) is 0 Å². The van der Waals surface area contributed by atoms with E-state index in [0.717, 1.165) is 0 Å². The van der Waals surface area contributed by atoms with Gasteiger partial charge in [-0.2, -0.15) is 0 Å². The second-order valence-corrected chi connectivity index (χ2v) is 2.99. The van der Waals surface area contributed by atoms with Crippen molar-refractivity contribution in [3.63, 3.8) is 0 Å². The van der Waals surface area contributed by atoms with Gasteiger partial charge in [0.15, 0.2) is 0 Å². The van der Waals surface area contributed by atoms with Crippen LogP contribution in [0, 0.1) is 0 Å². The molecule has 0 heterocycles. The highest BCUT2D eigenvalue weighted by Crippen LogP contribution is 2.11. The Balaban J connectivity index is 0.00000256. The number of carbonyl (C=O) groups is 2. The quantitative estimate of drug-likeness (QED) is 0.814. The van der Waals surface area contributed by atoms with E-state index in [-0.39, 0.29) is 30.5 Å². The third-order valence-electron chi connectivity index (χ3n) is 1.92. The molecule has 0 aliphatic heterocycles. The average molecular weight is 239 g/mol. The van der Waals surface area contributed by atoms with Gasteiger partial charge in [0.1, 0.15) is 0 Å². The Hall–Kier alpha value is -1.88. The van der Waals surface area contributed by atoms with Gasteiger partial charge in [-0.05, 0) is 26.0 Å². The first-order valence-corrected chi connectivity index (χ1v) is 5.14. The molecule has 0 amide bonds. The van der Waals surface area contributed by atoms with Crippen LogP contribution in [-0.2, 0) is 9.47 Å². The summed E-state index contributed by atoms with van der Waals surface area (Å²) in [5.74, 6) is -1.02. The molecule has 0 fully saturated rings. The summed E-state index contributed by atoms with van der Waals surface area (Å²) in [6.45, 7) is 3.97. The van der Waals surface area contributed by atoms with Crippen molar-refractivity contribution in [3.8, 4) is 0 Å². The number of ether oxygens (including phenoxy) is 2. The lowest BCUT2D eigenvalue weighted by molar-refractivity contribution is 0.0479. The van der Waals surface area contributed by atoms with Crippen LogP contribution in [0.2, 0.25) is 0 Å². The lowest BCUT2D eigenvalue weighted by Crippen LogP contribution is -2.13. The standard InChI is InChI=1S/C12H14O4.H3N/c1-3-15-11(13)9-7-5-6-8-10(9)12(14)16-4-2;/h5-8H,3-4H2,1-2H3;1H3.